The number of allylic oxidation sites excluding steroid dienone is 6. The van der Waals surface area contributed by atoms with E-state index >= 15 is 0 Å². The minimum atomic E-state index is -1.25. The van der Waals surface area contributed by atoms with Gasteiger partial charge in [0.15, 0.2) is 6.10 Å². The smallest absolute Gasteiger partial charge is 0.254 e. The molecule has 1 saturated heterocycles. The number of piperidine rings is 1. The molecule has 34 heavy (non-hydrogen) atoms. The standard InChI is InChI=1S/C26H37ClN2O3.CH4.H2O/c1-17(2)22(28-24(31)23(30)19-8-6-5-7-9-19)25(32)29-15-14-21(26(3,4)16-29)18-10-12-20(27)13-11-18;;/h6,8-12,17,20-23,30H,5,7,13-16H2,1-4H3,(H,28,31);1H4;1H2/t20?,21-,22-,23?;;/m1../s1. The number of likely N-dealkylation sites (tertiary alicyclic amines) is 1. The molecule has 6 nitrogen and oxygen atoms in total. The summed E-state index contributed by atoms with van der Waals surface area (Å²) in [5.41, 5.74) is 1.81. The summed E-state index contributed by atoms with van der Waals surface area (Å²) < 4.78 is 0. The van der Waals surface area contributed by atoms with Gasteiger partial charge in [-0.05, 0) is 54.1 Å². The van der Waals surface area contributed by atoms with E-state index < -0.39 is 18.1 Å². The molecule has 1 fully saturated rings. The predicted octanol–water partition coefficient (Wildman–Crippen LogP) is 3.94. The van der Waals surface area contributed by atoms with Gasteiger partial charge in [0.25, 0.3) is 5.91 Å². The quantitative estimate of drug-likeness (QED) is 0.546. The van der Waals surface area contributed by atoms with Crippen LogP contribution in [0.1, 0.15) is 60.8 Å². The number of nitrogens with one attached hydrogen (secondary N) is 1. The number of aliphatic hydroxyl groups excluding tert-OH is 1. The van der Waals surface area contributed by atoms with Gasteiger partial charge in [0, 0.05) is 13.1 Å². The van der Waals surface area contributed by atoms with Crippen LogP contribution in [-0.4, -0.2) is 57.9 Å². The Hall–Kier alpha value is -1.89. The minimum absolute atomic E-state index is 0. The Morgan fingerprint density at radius 1 is 1.21 bits per heavy atom. The summed E-state index contributed by atoms with van der Waals surface area (Å²) in [7, 11) is 0. The van der Waals surface area contributed by atoms with Crippen LogP contribution in [0.4, 0.5) is 0 Å². The van der Waals surface area contributed by atoms with Crippen molar-refractivity contribution in [1.29, 1.82) is 0 Å². The number of carbonyl (C=O) groups excluding carboxylic acids is 2. The first kappa shape index (κ1) is 30.1. The van der Waals surface area contributed by atoms with E-state index in [4.69, 9.17) is 11.6 Å². The molecule has 0 aromatic carbocycles. The van der Waals surface area contributed by atoms with Gasteiger partial charge in [-0.25, -0.2) is 0 Å². The lowest BCUT2D eigenvalue weighted by atomic mass is 9.69. The van der Waals surface area contributed by atoms with Crippen LogP contribution in [0.25, 0.3) is 0 Å². The first-order chi connectivity index (χ1) is 15.1. The van der Waals surface area contributed by atoms with E-state index in [9.17, 15) is 14.7 Å². The Kier molecular flexibility index (Phi) is 11.3. The molecule has 1 heterocycles. The topological polar surface area (TPSA) is 101 Å². The third kappa shape index (κ3) is 7.06. The van der Waals surface area contributed by atoms with Crippen molar-refractivity contribution >= 4 is 23.4 Å². The van der Waals surface area contributed by atoms with Gasteiger partial charge < -0.3 is 20.8 Å². The van der Waals surface area contributed by atoms with E-state index in [2.05, 4.69) is 37.4 Å². The molecule has 2 aliphatic carbocycles. The summed E-state index contributed by atoms with van der Waals surface area (Å²) in [6.07, 6.45) is 14.2. The van der Waals surface area contributed by atoms with Crippen LogP contribution in [0.2, 0.25) is 0 Å². The molecule has 0 aromatic heterocycles. The second-order valence-electron chi connectivity index (χ2n) is 10.2. The van der Waals surface area contributed by atoms with Gasteiger partial charge in [-0.3, -0.25) is 9.59 Å². The van der Waals surface area contributed by atoms with Crippen molar-refractivity contribution in [3.63, 3.8) is 0 Å². The second kappa shape index (κ2) is 12.7. The van der Waals surface area contributed by atoms with Crippen LogP contribution < -0.4 is 5.32 Å². The number of carbonyl (C=O) groups is 2. The second-order valence-corrected chi connectivity index (χ2v) is 10.8. The molecule has 2 unspecified atom stereocenters. The first-order valence-corrected chi connectivity index (χ1v) is 12.2. The maximum atomic E-state index is 13.4. The van der Waals surface area contributed by atoms with Crippen LogP contribution in [0.15, 0.2) is 47.6 Å². The fourth-order valence-corrected chi connectivity index (χ4v) is 5.12. The van der Waals surface area contributed by atoms with Gasteiger partial charge in [0.2, 0.25) is 5.91 Å². The van der Waals surface area contributed by atoms with Crippen molar-refractivity contribution in [2.45, 2.75) is 78.3 Å². The van der Waals surface area contributed by atoms with E-state index in [1.165, 1.54) is 5.57 Å². The maximum absolute atomic E-state index is 13.4. The van der Waals surface area contributed by atoms with Crippen molar-refractivity contribution in [2.24, 2.45) is 17.3 Å². The molecule has 0 spiro atoms. The number of hydrogen-bond acceptors (Lipinski definition) is 3. The molecule has 0 saturated carbocycles. The molecule has 3 rings (SSSR count). The lowest BCUT2D eigenvalue weighted by Crippen LogP contribution is -2.57. The molecular weight excluding hydrogens is 452 g/mol. The van der Waals surface area contributed by atoms with Crippen molar-refractivity contribution in [1.82, 2.24) is 10.2 Å². The highest BCUT2D eigenvalue weighted by Crippen LogP contribution is 2.41. The van der Waals surface area contributed by atoms with Crippen molar-refractivity contribution in [2.75, 3.05) is 13.1 Å². The molecule has 192 valence electrons. The van der Waals surface area contributed by atoms with E-state index in [1.807, 2.05) is 30.9 Å². The molecular formula is C27H43ClN2O4. The number of rotatable bonds is 6. The summed E-state index contributed by atoms with van der Waals surface area (Å²) >= 11 is 6.19. The zero-order valence-corrected chi connectivity index (χ0v) is 20.9. The zero-order valence-electron chi connectivity index (χ0n) is 20.2. The number of amides is 2. The summed E-state index contributed by atoms with van der Waals surface area (Å²) in [6, 6.07) is -0.663. The van der Waals surface area contributed by atoms with Crippen LogP contribution in [0.5, 0.6) is 0 Å². The fourth-order valence-electron chi connectivity index (χ4n) is 4.96. The lowest BCUT2D eigenvalue weighted by molar-refractivity contribution is -0.142. The van der Waals surface area contributed by atoms with Gasteiger partial charge in [0.05, 0.1) is 5.38 Å². The molecule has 4 N–H and O–H groups in total. The van der Waals surface area contributed by atoms with E-state index in [1.54, 1.807) is 6.08 Å². The number of hydrogen-bond donors (Lipinski definition) is 2. The van der Waals surface area contributed by atoms with E-state index in [0.717, 1.165) is 25.7 Å². The summed E-state index contributed by atoms with van der Waals surface area (Å²) in [4.78, 5) is 28.0. The number of halogens is 1. The summed E-state index contributed by atoms with van der Waals surface area (Å²) in [5, 5.41) is 13.4. The minimum Gasteiger partial charge on any atom is -0.412 e. The Balaban J connectivity index is 0.00000289. The molecule has 0 aromatic rings. The monoisotopic (exact) mass is 494 g/mol. The fraction of sp³-hybridized carbons (Fsp3) is 0.630. The number of alkyl halides is 1. The average Bonchev–Trinajstić information content (AvgIpc) is 2.77. The summed E-state index contributed by atoms with van der Waals surface area (Å²) in [5.74, 6) is -0.308. The third-order valence-corrected chi connectivity index (χ3v) is 7.16. The average molecular weight is 495 g/mol. The third-order valence-electron chi connectivity index (χ3n) is 6.84. The summed E-state index contributed by atoms with van der Waals surface area (Å²) in [6.45, 7) is 9.53. The van der Waals surface area contributed by atoms with Gasteiger partial charge >= 0.3 is 0 Å². The zero-order chi connectivity index (χ0) is 23.5. The molecule has 0 radical (unpaired) electrons. The van der Waals surface area contributed by atoms with Gasteiger partial charge in [-0.1, -0.05) is 71.6 Å². The number of aliphatic hydroxyl groups is 1. The van der Waals surface area contributed by atoms with Crippen LogP contribution >= 0.6 is 11.6 Å². The molecule has 0 bridgehead atoms. The van der Waals surface area contributed by atoms with Gasteiger partial charge in [-0.15, -0.1) is 11.6 Å². The normalized spacial score (nSPS) is 25.3. The molecule has 1 aliphatic heterocycles. The van der Waals surface area contributed by atoms with Crippen LogP contribution in [0.3, 0.4) is 0 Å². The van der Waals surface area contributed by atoms with Gasteiger partial charge in [0.1, 0.15) is 6.04 Å². The van der Waals surface area contributed by atoms with Crippen LogP contribution in [0, 0.1) is 17.3 Å². The SMILES string of the molecule is C.CC(C)[C@@H](NC(=O)C(O)C1=CCCC=C1)C(=O)N1CC[C@H](C2=CCC(Cl)C=C2)C(C)(C)C1.O. The van der Waals surface area contributed by atoms with Gasteiger partial charge in [-0.2, -0.15) is 0 Å². The van der Waals surface area contributed by atoms with E-state index in [-0.39, 0.29) is 35.5 Å². The van der Waals surface area contributed by atoms with Crippen molar-refractivity contribution < 1.29 is 20.2 Å². The first-order valence-electron chi connectivity index (χ1n) is 11.8. The van der Waals surface area contributed by atoms with Crippen molar-refractivity contribution in [3.05, 3.63) is 47.6 Å². The highest BCUT2D eigenvalue weighted by molar-refractivity contribution is 6.22. The molecule has 4 atom stereocenters. The predicted molar refractivity (Wildman–Crippen MR) is 140 cm³/mol. The Morgan fingerprint density at radius 3 is 2.44 bits per heavy atom. The van der Waals surface area contributed by atoms with Crippen molar-refractivity contribution in [3.8, 4) is 0 Å². The largest absolute Gasteiger partial charge is 0.412 e. The van der Waals surface area contributed by atoms with Crippen LogP contribution in [-0.2, 0) is 9.59 Å². The van der Waals surface area contributed by atoms with E-state index in [0.29, 0.717) is 24.6 Å². The molecule has 7 heteroatoms. The highest BCUT2D eigenvalue weighted by atomic mass is 35.5. The lowest BCUT2D eigenvalue weighted by Gasteiger charge is -2.46. The highest BCUT2D eigenvalue weighted by Gasteiger charge is 2.41. The Morgan fingerprint density at radius 2 is 1.91 bits per heavy atom. The Labute approximate surface area is 210 Å². The maximum Gasteiger partial charge on any atom is 0.254 e. The molecule has 2 amide bonds. The molecule has 3 aliphatic rings. The Bertz CT molecular complexity index is 844. The number of nitrogens with zero attached hydrogens (tertiary/aromatic N) is 1.